The highest BCUT2D eigenvalue weighted by Gasteiger charge is 2.48. The van der Waals surface area contributed by atoms with Crippen LogP contribution >= 0.6 is 0 Å². The van der Waals surface area contributed by atoms with E-state index in [0.29, 0.717) is 6.07 Å². The Bertz CT molecular complexity index is 610. The van der Waals surface area contributed by atoms with Crippen LogP contribution in [-0.2, 0) is 15.0 Å². The van der Waals surface area contributed by atoms with Crippen molar-refractivity contribution in [3.05, 3.63) is 44.0 Å². The van der Waals surface area contributed by atoms with Crippen LogP contribution in [0.5, 0.6) is 0 Å². The second-order valence-corrected chi connectivity index (χ2v) is 3.95. The zero-order valence-electron chi connectivity index (χ0n) is 9.97. The van der Waals surface area contributed by atoms with Crippen LogP contribution in [0.3, 0.4) is 0 Å². The summed E-state index contributed by atoms with van der Waals surface area (Å²) in [6.45, 7) is 0.770. The maximum Gasteiger partial charge on any atom is 0.325 e. The Morgan fingerprint density at radius 1 is 1.10 bits per heavy atom. The van der Waals surface area contributed by atoms with E-state index in [-0.39, 0.29) is 0 Å². The molecule has 1 rings (SSSR count). The molecule has 0 unspecified atom stereocenters. The summed E-state index contributed by atoms with van der Waals surface area (Å²) in [7, 11) is 0. The van der Waals surface area contributed by atoms with Gasteiger partial charge in [-0.15, -0.1) is 0 Å². The zero-order chi connectivity index (χ0) is 15.7. The molecule has 0 saturated carbocycles. The van der Waals surface area contributed by atoms with Crippen molar-refractivity contribution >= 4 is 23.3 Å². The second-order valence-electron chi connectivity index (χ2n) is 3.95. The van der Waals surface area contributed by atoms with Crippen molar-refractivity contribution in [1.29, 1.82) is 0 Å². The lowest BCUT2D eigenvalue weighted by Gasteiger charge is -2.19. The van der Waals surface area contributed by atoms with Gasteiger partial charge in [0.25, 0.3) is 11.4 Å². The van der Waals surface area contributed by atoms with Crippen LogP contribution in [0.1, 0.15) is 12.5 Å². The van der Waals surface area contributed by atoms with Gasteiger partial charge in [0.2, 0.25) is 0 Å². The number of aliphatic carboxylic acids is 2. The highest BCUT2D eigenvalue weighted by Crippen LogP contribution is 2.35. The molecule has 10 heteroatoms. The van der Waals surface area contributed by atoms with E-state index in [0.717, 1.165) is 19.1 Å². The van der Waals surface area contributed by atoms with Crippen LogP contribution in [0.4, 0.5) is 11.4 Å². The van der Waals surface area contributed by atoms with Gasteiger partial charge in [0.05, 0.1) is 21.5 Å². The molecule has 0 aliphatic carbocycles. The number of carboxylic acid groups (broad SMARTS) is 2. The average molecular weight is 284 g/mol. The standard InChI is InChI=1S/C10H8N2O8/c1-10(8(13)14,9(15)16)6-3-2-5(11(17)18)4-7(6)12(19)20/h2-4H,1H3,(H,13,14)(H,15,16). The van der Waals surface area contributed by atoms with E-state index in [1.165, 1.54) is 0 Å². The van der Waals surface area contributed by atoms with Crippen molar-refractivity contribution in [3.8, 4) is 0 Å². The van der Waals surface area contributed by atoms with Crippen molar-refractivity contribution in [1.82, 2.24) is 0 Å². The van der Waals surface area contributed by atoms with Crippen molar-refractivity contribution < 1.29 is 29.6 Å². The number of non-ortho nitro benzene ring substituents is 1. The molecule has 0 saturated heterocycles. The van der Waals surface area contributed by atoms with Gasteiger partial charge in [-0.3, -0.25) is 29.8 Å². The summed E-state index contributed by atoms with van der Waals surface area (Å²) in [5.41, 5.74) is -4.81. The van der Waals surface area contributed by atoms with Gasteiger partial charge >= 0.3 is 11.9 Å². The van der Waals surface area contributed by atoms with Gasteiger partial charge in [-0.2, -0.15) is 0 Å². The second kappa shape index (κ2) is 4.91. The molecule has 0 atom stereocenters. The summed E-state index contributed by atoms with van der Waals surface area (Å²) >= 11 is 0. The molecule has 0 aromatic heterocycles. The quantitative estimate of drug-likeness (QED) is 0.458. The van der Waals surface area contributed by atoms with E-state index in [1.54, 1.807) is 0 Å². The molecular weight excluding hydrogens is 276 g/mol. The van der Waals surface area contributed by atoms with E-state index < -0.39 is 44.1 Å². The Morgan fingerprint density at radius 3 is 1.95 bits per heavy atom. The monoisotopic (exact) mass is 284 g/mol. The zero-order valence-corrected chi connectivity index (χ0v) is 9.97. The Kier molecular flexibility index (Phi) is 3.69. The van der Waals surface area contributed by atoms with E-state index >= 15 is 0 Å². The normalized spacial score (nSPS) is 10.8. The minimum atomic E-state index is -2.59. The first-order chi connectivity index (χ1) is 9.12. The third-order valence-electron chi connectivity index (χ3n) is 2.78. The molecule has 2 N–H and O–H groups in total. The summed E-state index contributed by atoms with van der Waals surface area (Å²) < 4.78 is 0. The summed E-state index contributed by atoms with van der Waals surface area (Å²) in [5, 5.41) is 39.4. The fourth-order valence-electron chi connectivity index (χ4n) is 1.53. The van der Waals surface area contributed by atoms with Crippen molar-refractivity contribution in [2.45, 2.75) is 12.3 Å². The number of nitro benzene ring substituents is 2. The minimum Gasteiger partial charge on any atom is -0.480 e. The Balaban J connectivity index is 3.67. The largest absolute Gasteiger partial charge is 0.480 e. The highest BCUT2D eigenvalue weighted by molar-refractivity contribution is 6.05. The van der Waals surface area contributed by atoms with Gasteiger partial charge in [-0.05, 0) is 13.0 Å². The van der Waals surface area contributed by atoms with Crippen LogP contribution in [0.15, 0.2) is 18.2 Å². The van der Waals surface area contributed by atoms with Gasteiger partial charge in [-0.25, -0.2) is 0 Å². The molecule has 106 valence electrons. The number of nitrogens with zero attached hydrogens (tertiary/aromatic N) is 2. The number of benzene rings is 1. The molecular formula is C10H8N2O8. The third kappa shape index (κ3) is 2.25. The number of rotatable bonds is 5. The van der Waals surface area contributed by atoms with Gasteiger partial charge in [0.1, 0.15) is 0 Å². The Hall–Kier alpha value is -3.04. The lowest BCUT2D eigenvalue weighted by molar-refractivity contribution is -0.394. The molecule has 10 nitrogen and oxygen atoms in total. The van der Waals surface area contributed by atoms with Crippen LogP contribution < -0.4 is 0 Å². The predicted octanol–water partition coefficient (Wildman–Crippen LogP) is 0.930. The van der Waals surface area contributed by atoms with Crippen molar-refractivity contribution in [2.75, 3.05) is 0 Å². The molecule has 1 aromatic rings. The average Bonchev–Trinajstić information content (AvgIpc) is 2.36. The summed E-state index contributed by atoms with van der Waals surface area (Å²) in [6.07, 6.45) is 0. The molecule has 0 spiro atoms. The van der Waals surface area contributed by atoms with E-state index in [9.17, 15) is 29.8 Å². The van der Waals surface area contributed by atoms with Gasteiger partial charge in [0, 0.05) is 6.07 Å². The minimum absolute atomic E-state index is 0.527. The molecule has 0 aliphatic heterocycles. The molecule has 0 radical (unpaired) electrons. The van der Waals surface area contributed by atoms with Crippen LogP contribution in [0, 0.1) is 20.2 Å². The fourth-order valence-corrected chi connectivity index (χ4v) is 1.53. The Labute approximate surface area is 110 Å². The summed E-state index contributed by atoms with van der Waals surface area (Å²) in [6, 6.07) is 2.10. The SMILES string of the molecule is CC(C(=O)O)(C(=O)O)c1ccc([N+](=O)[O-])cc1[N+](=O)[O-]. The first-order valence-corrected chi connectivity index (χ1v) is 5.02. The third-order valence-corrected chi connectivity index (χ3v) is 2.78. The molecule has 20 heavy (non-hydrogen) atoms. The van der Waals surface area contributed by atoms with E-state index in [1.807, 2.05) is 0 Å². The first-order valence-electron chi connectivity index (χ1n) is 5.02. The van der Waals surface area contributed by atoms with Crippen molar-refractivity contribution in [2.24, 2.45) is 0 Å². The lowest BCUT2D eigenvalue weighted by atomic mass is 9.81. The van der Waals surface area contributed by atoms with E-state index in [4.69, 9.17) is 10.2 Å². The molecule has 0 amide bonds. The van der Waals surface area contributed by atoms with Crippen LogP contribution in [0.2, 0.25) is 0 Å². The number of hydrogen-bond acceptors (Lipinski definition) is 6. The summed E-state index contributed by atoms with van der Waals surface area (Å²) in [5.74, 6) is -3.64. The maximum atomic E-state index is 11.1. The van der Waals surface area contributed by atoms with E-state index in [2.05, 4.69) is 0 Å². The van der Waals surface area contributed by atoms with Gasteiger partial charge in [0.15, 0.2) is 5.41 Å². The number of carboxylic acids is 2. The smallest absolute Gasteiger partial charge is 0.325 e. The van der Waals surface area contributed by atoms with Crippen molar-refractivity contribution in [3.63, 3.8) is 0 Å². The molecule has 0 fully saturated rings. The molecule has 1 aromatic carbocycles. The molecule has 0 aliphatic rings. The van der Waals surface area contributed by atoms with Gasteiger partial charge < -0.3 is 10.2 Å². The van der Waals surface area contributed by atoms with Crippen LogP contribution in [-0.4, -0.2) is 32.0 Å². The number of hydrogen-bond donors (Lipinski definition) is 2. The Morgan fingerprint density at radius 2 is 1.60 bits per heavy atom. The predicted molar refractivity (Wildman–Crippen MR) is 62.4 cm³/mol. The highest BCUT2D eigenvalue weighted by atomic mass is 16.6. The summed E-state index contributed by atoms with van der Waals surface area (Å²) in [4.78, 5) is 41.7. The number of carbonyl (C=O) groups is 2. The molecule has 0 bridgehead atoms. The van der Waals surface area contributed by atoms with Crippen LogP contribution in [0.25, 0.3) is 0 Å². The molecule has 0 heterocycles. The maximum absolute atomic E-state index is 11.1. The topological polar surface area (TPSA) is 161 Å². The number of nitro groups is 2. The van der Waals surface area contributed by atoms with Gasteiger partial charge in [-0.1, -0.05) is 0 Å². The fraction of sp³-hybridized carbons (Fsp3) is 0.200. The first kappa shape index (κ1) is 15.0. The lowest BCUT2D eigenvalue weighted by Crippen LogP contribution is -2.41.